The van der Waals surface area contributed by atoms with E-state index in [0.29, 0.717) is 0 Å². The standard InChI is InChI=1S/C20H19FN2.ClH/c1-22-11-10-20-18(14-22)17-13-16(21)7-8-19(17)23(20)12-9-15-5-3-2-4-6-15;/h2-9,12-13H,10-11,14H2,1H3;1H/b12-9-;. The van der Waals surface area contributed by atoms with Gasteiger partial charge in [0, 0.05) is 36.8 Å². The molecule has 0 saturated carbocycles. The molecule has 1 aliphatic heterocycles. The van der Waals surface area contributed by atoms with Gasteiger partial charge in [-0.3, -0.25) is 0 Å². The summed E-state index contributed by atoms with van der Waals surface area (Å²) in [5.74, 6) is -0.169. The van der Waals surface area contributed by atoms with Gasteiger partial charge in [-0.2, -0.15) is 0 Å². The van der Waals surface area contributed by atoms with Crippen LogP contribution in [-0.4, -0.2) is 23.1 Å². The minimum Gasteiger partial charge on any atom is -0.320 e. The zero-order chi connectivity index (χ0) is 15.8. The van der Waals surface area contributed by atoms with Crippen LogP contribution in [0.15, 0.2) is 48.5 Å². The third-order valence-electron chi connectivity index (χ3n) is 4.56. The van der Waals surface area contributed by atoms with Crippen LogP contribution in [0, 0.1) is 5.82 Å². The molecule has 1 aromatic heterocycles. The Morgan fingerprint density at radius 3 is 2.67 bits per heavy atom. The third kappa shape index (κ3) is 2.97. The molecule has 4 heteroatoms. The molecule has 3 aromatic rings. The Hall–Kier alpha value is -2.10. The van der Waals surface area contributed by atoms with Crippen LogP contribution >= 0.6 is 12.4 Å². The summed E-state index contributed by atoms with van der Waals surface area (Å²) >= 11 is 0. The summed E-state index contributed by atoms with van der Waals surface area (Å²) in [7, 11) is 2.12. The number of aromatic nitrogens is 1. The van der Waals surface area contributed by atoms with Gasteiger partial charge in [-0.15, -0.1) is 12.4 Å². The van der Waals surface area contributed by atoms with Crippen LogP contribution < -0.4 is 0 Å². The number of rotatable bonds is 2. The number of halogens is 2. The molecular weight excluding hydrogens is 323 g/mol. The van der Waals surface area contributed by atoms with E-state index in [9.17, 15) is 4.39 Å². The summed E-state index contributed by atoms with van der Waals surface area (Å²) in [6.07, 6.45) is 5.21. The summed E-state index contributed by atoms with van der Waals surface area (Å²) in [5.41, 5.74) is 4.80. The Labute approximate surface area is 147 Å². The number of hydrogen-bond donors (Lipinski definition) is 0. The fourth-order valence-corrected chi connectivity index (χ4v) is 3.39. The van der Waals surface area contributed by atoms with E-state index < -0.39 is 0 Å². The average molecular weight is 343 g/mol. The highest BCUT2D eigenvalue weighted by atomic mass is 35.5. The number of nitrogens with zero attached hydrogens (tertiary/aromatic N) is 2. The quantitative estimate of drug-likeness (QED) is 0.648. The topological polar surface area (TPSA) is 8.17 Å². The smallest absolute Gasteiger partial charge is 0.123 e. The summed E-state index contributed by atoms with van der Waals surface area (Å²) < 4.78 is 15.9. The van der Waals surface area contributed by atoms with Crippen molar-refractivity contribution in [2.45, 2.75) is 13.0 Å². The zero-order valence-electron chi connectivity index (χ0n) is 13.6. The fourth-order valence-electron chi connectivity index (χ4n) is 3.39. The zero-order valence-corrected chi connectivity index (χ0v) is 14.4. The first kappa shape index (κ1) is 16.7. The van der Waals surface area contributed by atoms with Gasteiger partial charge in [0.05, 0.1) is 5.52 Å². The van der Waals surface area contributed by atoms with E-state index in [1.165, 1.54) is 11.3 Å². The van der Waals surface area contributed by atoms with Gasteiger partial charge in [0.25, 0.3) is 0 Å². The van der Waals surface area contributed by atoms with Crippen molar-refractivity contribution in [2.75, 3.05) is 13.6 Å². The van der Waals surface area contributed by atoms with E-state index in [0.717, 1.165) is 36.0 Å². The van der Waals surface area contributed by atoms with E-state index in [-0.39, 0.29) is 18.2 Å². The molecule has 2 nitrogen and oxygen atoms in total. The Kier molecular flexibility index (Phi) is 4.74. The molecule has 24 heavy (non-hydrogen) atoms. The molecule has 124 valence electrons. The molecule has 0 atom stereocenters. The Balaban J connectivity index is 0.00000169. The van der Waals surface area contributed by atoms with Crippen LogP contribution in [0.5, 0.6) is 0 Å². The lowest BCUT2D eigenvalue weighted by molar-refractivity contribution is 0.312. The van der Waals surface area contributed by atoms with Crippen LogP contribution in [0.2, 0.25) is 0 Å². The fraction of sp³-hybridized carbons (Fsp3) is 0.200. The van der Waals surface area contributed by atoms with Gasteiger partial charge in [-0.1, -0.05) is 30.3 Å². The lowest BCUT2D eigenvalue weighted by Crippen LogP contribution is -2.26. The molecule has 2 aromatic carbocycles. The molecule has 0 saturated heterocycles. The predicted octanol–water partition coefficient (Wildman–Crippen LogP) is 4.82. The number of likely N-dealkylation sites (N-methyl/N-ethyl adjacent to an activating group) is 1. The molecule has 0 N–H and O–H groups in total. The van der Waals surface area contributed by atoms with Crippen LogP contribution in [0.3, 0.4) is 0 Å². The minimum atomic E-state index is -0.169. The second kappa shape index (κ2) is 6.80. The van der Waals surface area contributed by atoms with Crippen molar-refractivity contribution in [2.24, 2.45) is 0 Å². The molecule has 0 radical (unpaired) electrons. The molecule has 0 unspecified atom stereocenters. The average Bonchev–Trinajstić information content (AvgIpc) is 2.86. The summed E-state index contributed by atoms with van der Waals surface area (Å²) in [4.78, 5) is 2.29. The van der Waals surface area contributed by atoms with Crippen molar-refractivity contribution < 1.29 is 4.39 Å². The Morgan fingerprint density at radius 1 is 1.08 bits per heavy atom. The van der Waals surface area contributed by atoms with Crippen molar-refractivity contribution in [3.63, 3.8) is 0 Å². The van der Waals surface area contributed by atoms with E-state index in [4.69, 9.17) is 0 Å². The van der Waals surface area contributed by atoms with Gasteiger partial charge in [-0.25, -0.2) is 4.39 Å². The SMILES string of the molecule is CN1CCc2c(c3cc(F)ccc3n2/C=C\c2ccccc2)C1.Cl. The maximum absolute atomic E-state index is 13.7. The highest BCUT2D eigenvalue weighted by molar-refractivity contribution is 5.88. The highest BCUT2D eigenvalue weighted by Gasteiger charge is 2.21. The van der Waals surface area contributed by atoms with E-state index in [1.807, 2.05) is 24.3 Å². The lowest BCUT2D eigenvalue weighted by Gasteiger charge is -2.23. The van der Waals surface area contributed by atoms with Crippen molar-refractivity contribution in [3.05, 3.63) is 71.2 Å². The molecule has 4 rings (SSSR count). The molecule has 0 amide bonds. The largest absolute Gasteiger partial charge is 0.320 e. The Morgan fingerprint density at radius 2 is 1.88 bits per heavy atom. The molecular formula is C20H20ClFN2. The van der Waals surface area contributed by atoms with Gasteiger partial charge < -0.3 is 9.47 Å². The first-order chi connectivity index (χ1) is 11.2. The van der Waals surface area contributed by atoms with Crippen molar-refractivity contribution >= 4 is 35.6 Å². The van der Waals surface area contributed by atoms with Gasteiger partial charge >= 0.3 is 0 Å². The molecule has 0 bridgehead atoms. The minimum absolute atomic E-state index is 0. The second-order valence-electron chi connectivity index (χ2n) is 6.17. The van der Waals surface area contributed by atoms with E-state index in [2.05, 4.69) is 40.9 Å². The molecule has 0 aliphatic carbocycles. The monoisotopic (exact) mass is 342 g/mol. The van der Waals surface area contributed by atoms with Crippen molar-refractivity contribution in [3.8, 4) is 0 Å². The van der Waals surface area contributed by atoms with Crippen molar-refractivity contribution in [1.29, 1.82) is 0 Å². The maximum atomic E-state index is 13.7. The number of fused-ring (bicyclic) bond motifs is 3. The highest BCUT2D eigenvalue weighted by Crippen LogP contribution is 2.31. The van der Waals surface area contributed by atoms with Crippen LogP contribution in [0.25, 0.3) is 23.2 Å². The first-order valence-corrected chi connectivity index (χ1v) is 7.95. The normalized spacial score (nSPS) is 14.8. The first-order valence-electron chi connectivity index (χ1n) is 7.95. The number of hydrogen-bond acceptors (Lipinski definition) is 1. The molecule has 1 aliphatic rings. The van der Waals surface area contributed by atoms with Gasteiger partial charge in [0.15, 0.2) is 0 Å². The summed E-state index contributed by atoms with van der Waals surface area (Å²) in [6, 6.07) is 15.4. The Bertz CT molecular complexity index is 884. The van der Waals surface area contributed by atoms with E-state index >= 15 is 0 Å². The summed E-state index contributed by atoms with van der Waals surface area (Å²) in [5, 5.41) is 1.03. The number of benzene rings is 2. The van der Waals surface area contributed by atoms with Gasteiger partial charge in [0.2, 0.25) is 0 Å². The third-order valence-corrected chi connectivity index (χ3v) is 4.56. The molecule has 0 fully saturated rings. The lowest BCUT2D eigenvalue weighted by atomic mass is 10.1. The van der Waals surface area contributed by atoms with Crippen LogP contribution in [-0.2, 0) is 13.0 Å². The van der Waals surface area contributed by atoms with Crippen LogP contribution in [0.1, 0.15) is 16.8 Å². The van der Waals surface area contributed by atoms with Crippen molar-refractivity contribution in [1.82, 2.24) is 9.47 Å². The maximum Gasteiger partial charge on any atom is 0.123 e. The van der Waals surface area contributed by atoms with Gasteiger partial charge in [-0.05, 0) is 42.4 Å². The van der Waals surface area contributed by atoms with E-state index in [1.54, 1.807) is 12.1 Å². The summed E-state index contributed by atoms with van der Waals surface area (Å²) in [6.45, 7) is 1.91. The molecule has 0 spiro atoms. The van der Waals surface area contributed by atoms with Crippen LogP contribution in [0.4, 0.5) is 4.39 Å². The molecule has 2 heterocycles. The second-order valence-corrected chi connectivity index (χ2v) is 6.17. The predicted molar refractivity (Wildman–Crippen MR) is 101 cm³/mol. The van der Waals surface area contributed by atoms with Gasteiger partial charge in [0.1, 0.15) is 5.82 Å².